The summed E-state index contributed by atoms with van der Waals surface area (Å²) in [5, 5.41) is 9.39. The van der Waals surface area contributed by atoms with E-state index in [-0.39, 0.29) is 48.5 Å². The van der Waals surface area contributed by atoms with E-state index in [4.69, 9.17) is 13.9 Å². The molecule has 0 saturated carbocycles. The minimum atomic E-state index is -2.04. The van der Waals surface area contributed by atoms with Gasteiger partial charge in [0.2, 0.25) is 0 Å². The summed E-state index contributed by atoms with van der Waals surface area (Å²) >= 11 is 0. The fraction of sp³-hybridized carbons (Fsp3) is 0.864. The molecule has 1 rings (SSSR count). The number of amides is 1. The van der Waals surface area contributed by atoms with E-state index in [2.05, 4.69) is 39.9 Å². The Kier molecular flexibility index (Phi) is 8.94. The van der Waals surface area contributed by atoms with Gasteiger partial charge in [0.05, 0.1) is 25.2 Å². The Hall–Kier alpha value is -1.59. The third-order valence-electron chi connectivity index (χ3n) is 5.83. The number of rotatable bonds is 7. The molecule has 0 aromatic heterocycles. The Morgan fingerprint density at radius 3 is 2.27 bits per heavy atom. The predicted octanol–water partition coefficient (Wildman–Crippen LogP) is 4.87. The normalized spacial score (nSPS) is 21.1. The van der Waals surface area contributed by atoms with Gasteiger partial charge in [-0.1, -0.05) is 20.8 Å². The summed E-state index contributed by atoms with van der Waals surface area (Å²) in [5.41, 5.74) is -0.633. The molecule has 1 unspecified atom stereocenters. The van der Waals surface area contributed by atoms with Crippen molar-refractivity contribution in [3.8, 4) is 6.07 Å². The minimum absolute atomic E-state index is 0.0405. The third kappa shape index (κ3) is 7.58. The Balaban J connectivity index is 3.13. The number of hydrogen-bond donors (Lipinski definition) is 0. The van der Waals surface area contributed by atoms with Gasteiger partial charge in [0.15, 0.2) is 8.32 Å². The molecule has 8 heteroatoms. The smallest absolute Gasteiger partial charge is 0.410 e. The van der Waals surface area contributed by atoms with Gasteiger partial charge in [-0.05, 0) is 52.2 Å². The summed E-state index contributed by atoms with van der Waals surface area (Å²) in [7, 11) is -2.04. The molecular formula is C22H40N2O5Si. The zero-order chi connectivity index (χ0) is 23.3. The van der Waals surface area contributed by atoms with Crippen LogP contribution in [0, 0.1) is 17.2 Å². The van der Waals surface area contributed by atoms with E-state index in [9.17, 15) is 14.9 Å². The number of carbonyl (C=O) groups is 2. The fourth-order valence-corrected chi connectivity index (χ4v) is 4.74. The van der Waals surface area contributed by atoms with Crippen molar-refractivity contribution < 1.29 is 23.5 Å². The second-order valence-corrected chi connectivity index (χ2v) is 15.3. The lowest BCUT2D eigenvalue weighted by atomic mass is 9.91. The van der Waals surface area contributed by atoms with Crippen molar-refractivity contribution in [2.45, 2.75) is 104 Å². The van der Waals surface area contributed by atoms with E-state index in [1.165, 1.54) is 0 Å². The van der Waals surface area contributed by atoms with Crippen molar-refractivity contribution in [2.24, 2.45) is 5.92 Å². The molecule has 30 heavy (non-hydrogen) atoms. The number of nitriles is 1. The predicted molar refractivity (Wildman–Crippen MR) is 118 cm³/mol. The molecule has 0 aromatic carbocycles. The topological polar surface area (TPSA) is 88.9 Å². The Morgan fingerprint density at radius 2 is 1.80 bits per heavy atom. The summed E-state index contributed by atoms with van der Waals surface area (Å²) in [5.74, 6) is -0.676. The molecule has 0 aliphatic carbocycles. The van der Waals surface area contributed by atoms with Gasteiger partial charge in [-0.3, -0.25) is 4.79 Å². The van der Waals surface area contributed by atoms with Crippen molar-refractivity contribution in [3.63, 3.8) is 0 Å². The van der Waals surface area contributed by atoms with Gasteiger partial charge >= 0.3 is 12.1 Å². The highest BCUT2D eigenvalue weighted by Crippen LogP contribution is 2.40. The van der Waals surface area contributed by atoms with E-state index in [0.29, 0.717) is 13.0 Å². The van der Waals surface area contributed by atoms with E-state index < -0.39 is 20.0 Å². The van der Waals surface area contributed by atoms with Gasteiger partial charge in [-0.2, -0.15) is 5.26 Å². The first kappa shape index (κ1) is 26.4. The molecule has 1 heterocycles. The van der Waals surface area contributed by atoms with E-state index in [1.54, 1.807) is 11.8 Å². The lowest BCUT2D eigenvalue weighted by Crippen LogP contribution is -2.45. The highest BCUT2D eigenvalue weighted by Gasteiger charge is 2.46. The van der Waals surface area contributed by atoms with Crippen LogP contribution in [0.2, 0.25) is 18.1 Å². The molecule has 0 bridgehead atoms. The van der Waals surface area contributed by atoms with Gasteiger partial charge in [0.25, 0.3) is 0 Å². The lowest BCUT2D eigenvalue weighted by molar-refractivity contribution is -0.144. The Morgan fingerprint density at radius 1 is 1.20 bits per heavy atom. The second-order valence-electron chi connectivity index (χ2n) is 10.6. The Labute approximate surface area is 183 Å². The van der Waals surface area contributed by atoms with Crippen LogP contribution >= 0.6 is 0 Å². The third-order valence-corrected chi connectivity index (χ3v) is 10.4. The number of carbonyl (C=O) groups excluding carboxylic acids is 2. The quantitative estimate of drug-likeness (QED) is 0.414. The number of esters is 1. The van der Waals surface area contributed by atoms with Crippen LogP contribution in [0.3, 0.4) is 0 Å². The Bertz CT molecular complexity index is 645. The molecule has 1 amide bonds. The molecular weight excluding hydrogens is 400 g/mol. The highest BCUT2D eigenvalue weighted by molar-refractivity contribution is 6.74. The first-order valence-electron chi connectivity index (χ1n) is 10.8. The van der Waals surface area contributed by atoms with Gasteiger partial charge in [0.1, 0.15) is 5.60 Å². The first-order chi connectivity index (χ1) is 13.6. The monoisotopic (exact) mass is 440 g/mol. The van der Waals surface area contributed by atoms with Crippen LogP contribution in [0.5, 0.6) is 0 Å². The van der Waals surface area contributed by atoms with E-state index >= 15 is 0 Å². The van der Waals surface area contributed by atoms with Crippen LogP contribution < -0.4 is 0 Å². The number of hydrogen-bond acceptors (Lipinski definition) is 6. The van der Waals surface area contributed by atoms with Crippen molar-refractivity contribution in [1.82, 2.24) is 4.90 Å². The average Bonchev–Trinajstić information content (AvgIpc) is 2.95. The van der Waals surface area contributed by atoms with Crippen LogP contribution in [0.1, 0.15) is 67.7 Å². The minimum Gasteiger partial charge on any atom is -0.466 e. The molecule has 1 aliphatic rings. The summed E-state index contributed by atoms with van der Waals surface area (Å²) in [6.07, 6.45) is 0.262. The van der Waals surface area contributed by atoms with Crippen molar-refractivity contribution in [2.75, 3.05) is 13.2 Å². The van der Waals surface area contributed by atoms with Crippen LogP contribution in [-0.4, -0.2) is 56.2 Å². The highest BCUT2D eigenvalue weighted by atomic mass is 28.4. The maximum atomic E-state index is 13.0. The molecule has 1 saturated heterocycles. The molecule has 3 atom stereocenters. The second kappa shape index (κ2) is 10.1. The molecule has 1 aliphatic heterocycles. The molecule has 7 nitrogen and oxygen atoms in total. The van der Waals surface area contributed by atoms with Crippen LogP contribution in [0.4, 0.5) is 4.79 Å². The fourth-order valence-electron chi connectivity index (χ4n) is 3.38. The molecule has 1 fully saturated rings. The summed E-state index contributed by atoms with van der Waals surface area (Å²) in [6, 6.07) is 1.86. The number of nitrogens with zero attached hydrogens (tertiary/aromatic N) is 2. The number of ether oxygens (including phenoxy) is 2. The molecule has 0 radical (unpaired) electrons. The van der Waals surface area contributed by atoms with Crippen LogP contribution in [0.15, 0.2) is 0 Å². The van der Waals surface area contributed by atoms with Gasteiger partial charge < -0.3 is 18.8 Å². The lowest BCUT2D eigenvalue weighted by Gasteiger charge is -2.38. The maximum absolute atomic E-state index is 13.0. The number of likely N-dealkylation sites (tertiary alicyclic amines) is 1. The van der Waals surface area contributed by atoms with Crippen molar-refractivity contribution in [3.05, 3.63) is 0 Å². The summed E-state index contributed by atoms with van der Waals surface area (Å²) < 4.78 is 17.3. The van der Waals surface area contributed by atoms with Crippen LogP contribution in [-0.2, 0) is 18.7 Å². The van der Waals surface area contributed by atoms with Gasteiger partial charge in [-0.15, -0.1) is 0 Å². The van der Waals surface area contributed by atoms with Gasteiger partial charge in [-0.25, -0.2) is 4.79 Å². The SMILES string of the molecule is CCOC(=O)CC(CC#N)[C@@H]1C[C@@H](O[Si](C)(C)C(C)(C)C)CN1C(=O)OC(C)(C)C. The van der Waals surface area contributed by atoms with Crippen molar-refractivity contribution >= 4 is 20.4 Å². The van der Waals surface area contributed by atoms with Gasteiger partial charge in [0, 0.05) is 24.9 Å². The summed E-state index contributed by atoms with van der Waals surface area (Å²) in [6.45, 7) is 18.8. The molecule has 0 spiro atoms. The van der Waals surface area contributed by atoms with E-state index in [1.807, 2.05) is 20.8 Å². The van der Waals surface area contributed by atoms with E-state index in [0.717, 1.165) is 0 Å². The summed E-state index contributed by atoms with van der Waals surface area (Å²) in [4.78, 5) is 26.8. The largest absolute Gasteiger partial charge is 0.466 e. The molecule has 172 valence electrons. The zero-order valence-corrected chi connectivity index (χ0v) is 21.2. The maximum Gasteiger partial charge on any atom is 0.410 e. The van der Waals surface area contributed by atoms with Crippen molar-refractivity contribution in [1.29, 1.82) is 5.26 Å². The molecule has 0 N–H and O–H groups in total. The molecule has 0 aromatic rings. The first-order valence-corrected chi connectivity index (χ1v) is 13.7. The standard InChI is InChI=1S/C22H40N2O5Si/c1-10-27-19(25)13-16(11-12-23)18-14-17(29-30(8,9)22(5,6)7)15-24(18)20(26)28-21(2,3)4/h16-18H,10-11,13-15H2,1-9H3/t16?,17-,18+/m1/s1. The van der Waals surface area contributed by atoms with Crippen LogP contribution in [0.25, 0.3) is 0 Å². The average molecular weight is 441 g/mol. The zero-order valence-electron chi connectivity index (χ0n) is 20.2.